The zero-order valence-electron chi connectivity index (χ0n) is 10.2. The molecule has 1 unspecified atom stereocenters. The molecule has 0 aromatic heterocycles. The minimum absolute atomic E-state index is 0.224. The standard InChI is InChI=1S/C15H15BrFN/c1-2-10-5-3-4-6-12(10)15(18)11-7-8-14(17)13(16)9-11/h3-9,15H,2,18H2,1H3. The van der Waals surface area contributed by atoms with Gasteiger partial charge in [0.25, 0.3) is 0 Å². The molecule has 0 amide bonds. The van der Waals surface area contributed by atoms with E-state index in [1.165, 1.54) is 11.6 Å². The number of hydrogen-bond donors (Lipinski definition) is 1. The Morgan fingerprint density at radius 3 is 2.61 bits per heavy atom. The van der Waals surface area contributed by atoms with Gasteiger partial charge in [-0.2, -0.15) is 0 Å². The van der Waals surface area contributed by atoms with Gasteiger partial charge in [0, 0.05) is 0 Å². The van der Waals surface area contributed by atoms with Gasteiger partial charge in [-0.1, -0.05) is 37.3 Å². The van der Waals surface area contributed by atoms with Crippen LogP contribution in [-0.4, -0.2) is 0 Å². The molecule has 3 heteroatoms. The third-order valence-corrected chi connectivity index (χ3v) is 3.68. The van der Waals surface area contributed by atoms with E-state index in [1.807, 2.05) is 18.2 Å². The highest BCUT2D eigenvalue weighted by Crippen LogP contribution is 2.26. The first-order valence-electron chi connectivity index (χ1n) is 5.91. The van der Waals surface area contributed by atoms with Crippen LogP contribution in [0.2, 0.25) is 0 Å². The van der Waals surface area contributed by atoms with Crippen LogP contribution < -0.4 is 5.73 Å². The van der Waals surface area contributed by atoms with E-state index in [2.05, 4.69) is 28.9 Å². The molecule has 1 nitrogen and oxygen atoms in total. The van der Waals surface area contributed by atoms with Gasteiger partial charge in [-0.3, -0.25) is 0 Å². The molecule has 0 saturated carbocycles. The number of benzene rings is 2. The Balaban J connectivity index is 2.41. The summed E-state index contributed by atoms with van der Waals surface area (Å²) in [4.78, 5) is 0. The molecule has 0 fully saturated rings. The Labute approximate surface area is 115 Å². The highest BCUT2D eigenvalue weighted by molar-refractivity contribution is 9.10. The van der Waals surface area contributed by atoms with Crippen LogP contribution in [0.25, 0.3) is 0 Å². The van der Waals surface area contributed by atoms with Crippen LogP contribution in [0.5, 0.6) is 0 Å². The molecule has 2 aromatic carbocycles. The van der Waals surface area contributed by atoms with Gasteiger partial charge >= 0.3 is 0 Å². The summed E-state index contributed by atoms with van der Waals surface area (Å²) in [7, 11) is 0. The molecular formula is C15H15BrFN. The van der Waals surface area contributed by atoms with Gasteiger partial charge in [-0.25, -0.2) is 4.39 Å². The number of aryl methyl sites for hydroxylation is 1. The van der Waals surface area contributed by atoms with Gasteiger partial charge in [0.15, 0.2) is 0 Å². The fraction of sp³-hybridized carbons (Fsp3) is 0.200. The zero-order valence-corrected chi connectivity index (χ0v) is 11.7. The number of nitrogens with two attached hydrogens (primary N) is 1. The van der Waals surface area contributed by atoms with Crippen molar-refractivity contribution in [2.45, 2.75) is 19.4 Å². The van der Waals surface area contributed by atoms with Crippen molar-refractivity contribution in [2.24, 2.45) is 5.73 Å². The maximum absolute atomic E-state index is 13.2. The predicted octanol–water partition coefficient (Wildman–Crippen LogP) is 4.20. The van der Waals surface area contributed by atoms with Crippen molar-refractivity contribution in [3.05, 3.63) is 69.4 Å². The van der Waals surface area contributed by atoms with Crippen LogP contribution in [0, 0.1) is 5.82 Å². The van der Waals surface area contributed by atoms with E-state index in [9.17, 15) is 4.39 Å². The monoisotopic (exact) mass is 307 g/mol. The molecule has 2 aromatic rings. The largest absolute Gasteiger partial charge is 0.320 e. The molecular weight excluding hydrogens is 293 g/mol. The van der Waals surface area contributed by atoms with Crippen LogP contribution in [0.4, 0.5) is 4.39 Å². The second-order valence-electron chi connectivity index (χ2n) is 4.20. The first-order valence-corrected chi connectivity index (χ1v) is 6.71. The van der Waals surface area contributed by atoms with E-state index < -0.39 is 0 Å². The van der Waals surface area contributed by atoms with Gasteiger partial charge in [-0.15, -0.1) is 0 Å². The lowest BCUT2D eigenvalue weighted by atomic mass is 9.94. The molecule has 0 saturated heterocycles. The van der Waals surface area contributed by atoms with Crippen molar-refractivity contribution in [1.82, 2.24) is 0 Å². The number of halogens is 2. The van der Waals surface area contributed by atoms with Crippen molar-refractivity contribution in [3.8, 4) is 0 Å². The van der Waals surface area contributed by atoms with Crippen LogP contribution in [0.15, 0.2) is 46.9 Å². The summed E-state index contributed by atoms with van der Waals surface area (Å²) < 4.78 is 13.7. The molecule has 0 heterocycles. The summed E-state index contributed by atoms with van der Waals surface area (Å²) in [6, 6.07) is 12.8. The minimum Gasteiger partial charge on any atom is -0.320 e. The van der Waals surface area contributed by atoms with Crippen LogP contribution in [0.1, 0.15) is 29.7 Å². The van der Waals surface area contributed by atoms with Gasteiger partial charge in [0.1, 0.15) is 5.82 Å². The molecule has 18 heavy (non-hydrogen) atoms. The first kappa shape index (κ1) is 13.2. The lowest BCUT2D eigenvalue weighted by molar-refractivity contribution is 0.619. The summed E-state index contributed by atoms with van der Waals surface area (Å²) in [6.07, 6.45) is 0.937. The molecule has 0 spiro atoms. The Morgan fingerprint density at radius 1 is 1.22 bits per heavy atom. The van der Waals surface area contributed by atoms with E-state index in [0.29, 0.717) is 4.47 Å². The maximum Gasteiger partial charge on any atom is 0.137 e. The fourth-order valence-electron chi connectivity index (χ4n) is 2.04. The molecule has 0 aliphatic carbocycles. The highest BCUT2D eigenvalue weighted by atomic mass is 79.9. The van der Waals surface area contributed by atoms with E-state index in [0.717, 1.165) is 17.5 Å². The van der Waals surface area contributed by atoms with Gasteiger partial charge in [0.05, 0.1) is 10.5 Å². The normalized spacial score (nSPS) is 12.4. The Kier molecular flexibility index (Phi) is 4.15. The Bertz CT molecular complexity index is 554. The van der Waals surface area contributed by atoms with E-state index in [4.69, 9.17) is 5.73 Å². The number of rotatable bonds is 3. The van der Waals surface area contributed by atoms with E-state index >= 15 is 0 Å². The Hall–Kier alpha value is -1.19. The molecule has 94 valence electrons. The molecule has 0 radical (unpaired) electrons. The third kappa shape index (κ3) is 2.62. The first-order chi connectivity index (χ1) is 8.63. The quantitative estimate of drug-likeness (QED) is 0.903. The van der Waals surface area contributed by atoms with Crippen molar-refractivity contribution in [3.63, 3.8) is 0 Å². The van der Waals surface area contributed by atoms with Gasteiger partial charge in [0.2, 0.25) is 0 Å². The van der Waals surface area contributed by atoms with Gasteiger partial charge in [-0.05, 0) is 51.2 Å². The van der Waals surface area contributed by atoms with E-state index in [1.54, 1.807) is 12.1 Å². The Morgan fingerprint density at radius 2 is 1.94 bits per heavy atom. The third-order valence-electron chi connectivity index (χ3n) is 3.07. The lowest BCUT2D eigenvalue weighted by Gasteiger charge is -2.16. The smallest absolute Gasteiger partial charge is 0.137 e. The minimum atomic E-state index is -0.269. The topological polar surface area (TPSA) is 26.0 Å². The second kappa shape index (κ2) is 5.63. The summed E-state index contributed by atoms with van der Waals surface area (Å²) >= 11 is 3.19. The van der Waals surface area contributed by atoms with Crippen molar-refractivity contribution < 1.29 is 4.39 Å². The SMILES string of the molecule is CCc1ccccc1C(N)c1ccc(F)c(Br)c1. The molecule has 2 N–H and O–H groups in total. The lowest BCUT2D eigenvalue weighted by Crippen LogP contribution is -2.14. The molecule has 0 aliphatic heterocycles. The molecule has 1 atom stereocenters. The fourth-order valence-corrected chi connectivity index (χ4v) is 2.44. The van der Waals surface area contributed by atoms with Crippen LogP contribution in [-0.2, 0) is 6.42 Å². The summed E-state index contributed by atoms with van der Waals surface area (Å²) in [5.74, 6) is -0.269. The number of hydrogen-bond acceptors (Lipinski definition) is 1. The van der Waals surface area contributed by atoms with Crippen molar-refractivity contribution in [1.29, 1.82) is 0 Å². The van der Waals surface area contributed by atoms with Crippen LogP contribution in [0.3, 0.4) is 0 Å². The highest BCUT2D eigenvalue weighted by Gasteiger charge is 2.13. The average molecular weight is 308 g/mol. The van der Waals surface area contributed by atoms with Gasteiger partial charge < -0.3 is 5.73 Å². The molecule has 2 rings (SSSR count). The average Bonchev–Trinajstić information content (AvgIpc) is 2.41. The summed E-state index contributed by atoms with van der Waals surface area (Å²) in [5, 5.41) is 0. The molecule has 0 bridgehead atoms. The van der Waals surface area contributed by atoms with E-state index in [-0.39, 0.29) is 11.9 Å². The van der Waals surface area contributed by atoms with Crippen molar-refractivity contribution in [2.75, 3.05) is 0 Å². The predicted molar refractivity (Wildman–Crippen MR) is 76.0 cm³/mol. The maximum atomic E-state index is 13.2. The molecule has 0 aliphatic rings. The summed E-state index contributed by atoms with van der Waals surface area (Å²) in [5.41, 5.74) is 9.50. The zero-order chi connectivity index (χ0) is 13.1. The van der Waals surface area contributed by atoms with Crippen LogP contribution >= 0.6 is 15.9 Å². The van der Waals surface area contributed by atoms with Crippen molar-refractivity contribution >= 4 is 15.9 Å². The second-order valence-corrected chi connectivity index (χ2v) is 5.06. The summed E-state index contributed by atoms with van der Waals surface area (Å²) in [6.45, 7) is 2.10.